The van der Waals surface area contributed by atoms with E-state index in [0.717, 1.165) is 0 Å². The average molecular weight is 225 g/mol. The molecule has 0 bridgehead atoms. The Hall–Kier alpha value is -0.0400. The molecular weight excluding hydrogens is 194 g/mol. The molecule has 1 aliphatic rings. The molecule has 0 atom stereocenters. The van der Waals surface area contributed by atoms with Gasteiger partial charge in [-0.25, -0.2) is 0 Å². The molecule has 96 valence electrons. The zero-order chi connectivity index (χ0) is 11.7. The minimum absolute atomic E-state index is 0.707. The van der Waals surface area contributed by atoms with E-state index in [-0.39, 0.29) is 0 Å². The van der Waals surface area contributed by atoms with Gasteiger partial charge >= 0.3 is 0 Å². The minimum Gasteiger partial charge on any atom is -0.319 e. The SMILES string of the molecule is CCCCCCCCCC1(CNC)CCC1. The molecule has 1 nitrogen and oxygen atoms in total. The fourth-order valence-electron chi connectivity index (χ4n) is 3.02. The second-order valence-electron chi connectivity index (χ2n) is 5.76. The molecule has 1 saturated carbocycles. The van der Waals surface area contributed by atoms with E-state index in [1.165, 1.54) is 77.2 Å². The van der Waals surface area contributed by atoms with Gasteiger partial charge in [-0.15, -0.1) is 0 Å². The quantitative estimate of drug-likeness (QED) is 0.539. The molecule has 0 radical (unpaired) electrons. The van der Waals surface area contributed by atoms with E-state index in [9.17, 15) is 0 Å². The number of hydrogen-bond donors (Lipinski definition) is 1. The molecule has 1 heteroatoms. The van der Waals surface area contributed by atoms with Crippen molar-refractivity contribution in [3.05, 3.63) is 0 Å². The van der Waals surface area contributed by atoms with Crippen molar-refractivity contribution in [2.45, 2.75) is 77.6 Å². The van der Waals surface area contributed by atoms with Crippen LogP contribution < -0.4 is 5.32 Å². The van der Waals surface area contributed by atoms with Crippen LogP contribution in [0.5, 0.6) is 0 Å². The average Bonchev–Trinajstić information content (AvgIpc) is 2.24. The first-order valence-corrected chi connectivity index (χ1v) is 7.47. The van der Waals surface area contributed by atoms with Gasteiger partial charge in [-0.3, -0.25) is 0 Å². The molecular formula is C15H31N. The Morgan fingerprint density at radius 1 is 0.938 bits per heavy atom. The maximum Gasteiger partial charge on any atom is 0.000480 e. The standard InChI is InChI=1S/C15H31N/c1-3-4-5-6-7-8-9-11-15(14-16-2)12-10-13-15/h16H,3-14H2,1-2H3. The van der Waals surface area contributed by atoms with Crippen LogP contribution in [0.25, 0.3) is 0 Å². The first-order valence-electron chi connectivity index (χ1n) is 7.47. The summed E-state index contributed by atoms with van der Waals surface area (Å²) in [5.74, 6) is 0. The van der Waals surface area contributed by atoms with Gasteiger partial charge in [0.2, 0.25) is 0 Å². The Kier molecular flexibility index (Phi) is 7.11. The Morgan fingerprint density at radius 3 is 2.06 bits per heavy atom. The van der Waals surface area contributed by atoms with E-state index in [2.05, 4.69) is 19.3 Å². The lowest BCUT2D eigenvalue weighted by Crippen LogP contribution is -2.38. The molecule has 1 aliphatic carbocycles. The maximum absolute atomic E-state index is 3.38. The molecule has 0 heterocycles. The van der Waals surface area contributed by atoms with Gasteiger partial charge in [0.25, 0.3) is 0 Å². The molecule has 0 aromatic rings. The third-order valence-corrected chi connectivity index (χ3v) is 4.28. The van der Waals surface area contributed by atoms with Crippen molar-refractivity contribution in [1.82, 2.24) is 5.32 Å². The van der Waals surface area contributed by atoms with E-state index in [1.807, 2.05) is 0 Å². The van der Waals surface area contributed by atoms with Gasteiger partial charge in [-0.05, 0) is 31.7 Å². The van der Waals surface area contributed by atoms with Crippen molar-refractivity contribution in [2.24, 2.45) is 5.41 Å². The fraction of sp³-hybridized carbons (Fsp3) is 1.00. The van der Waals surface area contributed by atoms with Crippen molar-refractivity contribution < 1.29 is 0 Å². The molecule has 0 aromatic carbocycles. The van der Waals surface area contributed by atoms with Gasteiger partial charge in [-0.1, -0.05) is 58.3 Å². The Morgan fingerprint density at radius 2 is 1.56 bits per heavy atom. The first-order chi connectivity index (χ1) is 7.83. The highest BCUT2D eigenvalue weighted by Gasteiger charge is 2.35. The van der Waals surface area contributed by atoms with Crippen molar-refractivity contribution in [3.8, 4) is 0 Å². The summed E-state index contributed by atoms with van der Waals surface area (Å²) >= 11 is 0. The van der Waals surface area contributed by atoms with E-state index in [1.54, 1.807) is 0 Å². The topological polar surface area (TPSA) is 12.0 Å². The van der Waals surface area contributed by atoms with Crippen LogP contribution in [-0.4, -0.2) is 13.6 Å². The molecule has 1 fully saturated rings. The predicted molar refractivity (Wildman–Crippen MR) is 72.8 cm³/mol. The number of nitrogens with one attached hydrogen (secondary N) is 1. The molecule has 0 saturated heterocycles. The summed E-state index contributed by atoms with van der Waals surface area (Å²) in [6.07, 6.45) is 16.0. The van der Waals surface area contributed by atoms with Crippen molar-refractivity contribution in [1.29, 1.82) is 0 Å². The summed E-state index contributed by atoms with van der Waals surface area (Å²) in [4.78, 5) is 0. The zero-order valence-electron chi connectivity index (χ0n) is 11.5. The largest absolute Gasteiger partial charge is 0.319 e. The molecule has 1 rings (SSSR count). The normalized spacial score (nSPS) is 18.4. The lowest BCUT2D eigenvalue weighted by molar-refractivity contribution is 0.115. The van der Waals surface area contributed by atoms with Crippen molar-refractivity contribution >= 4 is 0 Å². The zero-order valence-corrected chi connectivity index (χ0v) is 11.5. The van der Waals surface area contributed by atoms with Crippen LogP contribution in [-0.2, 0) is 0 Å². The van der Waals surface area contributed by atoms with E-state index < -0.39 is 0 Å². The highest BCUT2D eigenvalue weighted by Crippen LogP contribution is 2.44. The van der Waals surface area contributed by atoms with Crippen LogP contribution in [0.1, 0.15) is 77.6 Å². The summed E-state index contributed by atoms with van der Waals surface area (Å²) in [5.41, 5.74) is 0.707. The number of hydrogen-bond acceptors (Lipinski definition) is 1. The van der Waals surface area contributed by atoms with Gasteiger partial charge in [0.1, 0.15) is 0 Å². The second kappa shape index (κ2) is 8.11. The summed E-state index contributed by atoms with van der Waals surface area (Å²) in [6.45, 7) is 3.54. The molecule has 0 spiro atoms. The Bertz CT molecular complexity index is 161. The molecule has 0 aromatic heterocycles. The highest BCUT2D eigenvalue weighted by atomic mass is 14.8. The molecule has 0 unspecified atom stereocenters. The smallest absolute Gasteiger partial charge is 0.000480 e. The van der Waals surface area contributed by atoms with Crippen molar-refractivity contribution in [3.63, 3.8) is 0 Å². The highest BCUT2D eigenvalue weighted by molar-refractivity contribution is 4.88. The Balaban J connectivity index is 1.93. The third kappa shape index (κ3) is 4.86. The molecule has 1 N–H and O–H groups in total. The van der Waals surface area contributed by atoms with Gasteiger partial charge < -0.3 is 5.32 Å². The summed E-state index contributed by atoms with van der Waals surface area (Å²) in [6, 6.07) is 0. The second-order valence-corrected chi connectivity index (χ2v) is 5.76. The Labute approximate surface area is 102 Å². The lowest BCUT2D eigenvalue weighted by Gasteiger charge is -2.42. The summed E-state index contributed by atoms with van der Waals surface area (Å²) < 4.78 is 0. The number of rotatable bonds is 10. The summed E-state index contributed by atoms with van der Waals surface area (Å²) in [5, 5.41) is 3.38. The third-order valence-electron chi connectivity index (χ3n) is 4.28. The van der Waals surface area contributed by atoms with Crippen LogP contribution >= 0.6 is 0 Å². The van der Waals surface area contributed by atoms with Gasteiger partial charge in [0.15, 0.2) is 0 Å². The van der Waals surface area contributed by atoms with Gasteiger partial charge in [0.05, 0.1) is 0 Å². The van der Waals surface area contributed by atoms with Crippen molar-refractivity contribution in [2.75, 3.05) is 13.6 Å². The first kappa shape index (κ1) is 14.0. The lowest BCUT2D eigenvalue weighted by atomic mass is 9.66. The maximum atomic E-state index is 3.38. The van der Waals surface area contributed by atoms with E-state index >= 15 is 0 Å². The van der Waals surface area contributed by atoms with Crippen LogP contribution in [0.3, 0.4) is 0 Å². The molecule has 0 aliphatic heterocycles. The van der Waals surface area contributed by atoms with Crippen LogP contribution in [0.15, 0.2) is 0 Å². The van der Waals surface area contributed by atoms with Crippen LogP contribution in [0, 0.1) is 5.41 Å². The van der Waals surface area contributed by atoms with Crippen LogP contribution in [0.4, 0.5) is 0 Å². The monoisotopic (exact) mass is 225 g/mol. The van der Waals surface area contributed by atoms with Gasteiger partial charge in [-0.2, -0.15) is 0 Å². The minimum atomic E-state index is 0.707. The van der Waals surface area contributed by atoms with E-state index in [0.29, 0.717) is 5.41 Å². The molecule has 0 amide bonds. The van der Waals surface area contributed by atoms with Crippen LogP contribution in [0.2, 0.25) is 0 Å². The summed E-state index contributed by atoms with van der Waals surface area (Å²) in [7, 11) is 2.10. The molecule has 16 heavy (non-hydrogen) atoms. The number of unbranched alkanes of at least 4 members (excludes halogenated alkanes) is 6. The fourth-order valence-corrected chi connectivity index (χ4v) is 3.02. The van der Waals surface area contributed by atoms with E-state index in [4.69, 9.17) is 0 Å². The predicted octanol–water partition coefficient (Wildman–Crippen LogP) is 4.52. The van der Waals surface area contributed by atoms with Gasteiger partial charge in [0, 0.05) is 6.54 Å².